The highest BCUT2D eigenvalue weighted by Gasteiger charge is 2.37. The zero-order chi connectivity index (χ0) is 13.9. The van der Waals surface area contributed by atoms with Crippen LogP contribution < -0.4 is 0 Å². The number of hydrogen-bond donors (Lipinski definition) is 0. The molecule has 0 radical (unpaired) electrons. The number of nitro groups is 1. The van der Waals surface area contributed by atoms with E-state index >= 15 is 0 Å². The van der Waals surface area contributed by atoms with E-state index in [4.69, 9.17) is 0 Å². The summed E-state index contributed by atoms with van der Waals surface area (Å²) in [6, 6.07) is 3.23. The number of halogens is 4. The van der Waals surface area contributed by atoms with Gasteiger partial charge >= 0.3 is 11.9 Å². The highest BCUT2D eigenvalue weighted by Crippen LogP contribution is 2.25. The zero-order valence-electron chi connectivity index (χ0n) is 9.20. The van der Waals surface area contributed by atoms with Gasteiger partial charge < -0.3 is 4.74 Å². The van der Waals surface area contributed by atoms with E-state index in [1.165, 1.54) is 6.07 Å². The van der Waals surface area contributed by atoms with Gasteiger partial charge in [0.2, 0.25) is 5.82 Å². The molecule has 0 aliphatic heterocycles. The summed E-state index contributed by atoms with van der Waals surface area (Å²) in [7, 11) is 0. The zero-order valence-corrected chi connectivity index (χ0v) is 9.20. The lowest BCUT2D eigenvalue weighted by atomic mass is 10.2. The Kier molecular flexibility index (Phi) is 4.23. The van der Waals surface area contributed by atoms with Gasteiger partial charge in [0.15, 0.2) is 6.10 Å². The largest absolute Gasteiger partial charge is 0.414 e. The first kappa shape index (κ1) is 14.4. The Morgan fingerprint density at radius 2 is 2.06 bits per heavy atom. The van der Waals surface area contributed by atoms with Gasteiger partial charge in [0.25, 0.3) is 0 Å². The fraction of sp³-hybridized carbons (Fsp3) is 0.400. The maximum Gasteiger partial charge on any atom is 0.414 e. The first-order chi connectivity index (χ1) is 8.23. The molecule has 0 fully saturated rings. The van der Waals surface area contributed by atoms with Crippen LogP contribution in [0.3, 0.4) is 0 Å². The van der Waals surface area contributed by atoms with Gasteiger partial charge in [-0.2, -0.15) is 17.6 Å². The van der Waals surface area contributed by atoms with E-state index in [2.05, 4.69) is 4.74 Å². The van der Waals surface area contributed by atoms with Crippen LogP contribution >= 0.6 is 0 Å². The van der Waals surface area contributed by atoms with Gasteiger partial charge in [0.1, 0.15) is 0 Å². The molecule has 0 amide bonds. The smallest absolute Gasteiger partial charge is 0.364 e. The Hall–Kier alpha value is -1.70. The van der Waals surface area contributed by atoms with Crippen LogP contribution in [0.1, 0.15) is 12.5 Å². The topological polar surface area (TPSA) is 52.4 Å². The summed E-state index contributed by atoms with van der Waals surface area (Å²) < 4.78 is 54.3. The number of rotatable bonds is 4. The molecule has 0 aromatic heterocycles. The fourth-order valence-corrected chi connectivity index (χ4v) is 1.13. The minimum atomic E-state index is -4.56. The third kappa shape index (κ3) is 3.39. The van der Waals surface area contributed by atoms with Gasteiger partial charge in [-0.05, 0) is 6.92 Å². The summed E-state index contributed by atoms with van der Waals surface area (Å²) in [4.78, 5) is 9.46. The van der Waals surface area contributed by atoms with Crippen molar-refractivity contribution < 1.29 is 27.2 Å². The Balaban J connectivity index is 2.81. The second kappa shape index (κ2) is 5.30. The van der Waals surface area contributed by atoms with Crippen LogP contribution in [0.5, 0.6) is 0 Å². The highest BCUT2D eigenvalue weighted by atomic mass is 19.4. The van der Waals surface area contributed by atoms with Crippen LogP contribution in [0.4, 0.5) is 23.2 Å². The van der Waals surface area contributed by atoms with Gasteiger partial charge in [0, 0.05) is 11.6 Å². The molecular weight excluding hydrogens is 258 g/mol. The van der Waals surface area contributed by atoms with Gasteiger partial charge in [-0.25, -0.2) is 0 Å². The van der Waals surface area contributed by atoms with Crippen LogP contribution in [0.2, 0.25) is 0 Å². The van der Waals surface area contributed by atoms with Crippen molar-refractivity contribution in [3.63, 3.8) is 0 Å². The average molecular weight is 267 g/mol. The van der Waals surface area contributed by atoms with Crippen molar-refractivity contribution in [1.82, 2.24) is 0 Å². The molecule has 1 unspecified atom stereocenters. The summed E-state index contributed by atoms with van der Waals surface area (Å²) in [6.07, 6.45) is -6.63. The minimum Gasteiger partial charge on any atom is -0.364 e. The van der Waals surface area contributed by atoms with Gasteiger partial charge in [0.05, 0.1) is 11.5 Å². The Labute approximate surface area is 99.3 Å². The molecule has 0 heterocycles. The van der Waals surface area contributed by atoms with E-state index in [1.807, 2.05) is 0 Å². The van der Waals surface area contributed by atoms with Gasteiger partial charge in [-0.3, -0.25) is 10.1 Å². The van der Waals surface area contributed by atoms with E-state index in [-0.39, 0.29) is 5.56 Å². The van der Waals surface area contributed by atoms with E-state index in [0.29, 0.717) is 0 Å². The first-order valence-electron chi connectivity index (χ1n) is 4.83. The summed E-state index contributed by atoms with van der Waals surface area (Å²) in [5, 5.41) is 10.4. The van der Waals surface area contributed by atoms with Crippen molar-refractivity contribution in [2.45, 2.75) is 25.8 Å². The van der Waals surface area contributed by atoms with Gasteiger partial charge in [-0.15, -0.1) is 0 Å². The fourth-order valence-electron chi connectivity index (χ4n) is 1.13. The predicted molar refractivity (Wildman–Crippen MR) is 53.4 cm³/mol. The van der Waals surface area contributed by atoms with Crippen LogP contribution in [0.15, 0.2) is 18.2 Å². The lowest BCUT2D eigenvalue weighted by Gasteiger charge is -2.16. The summed E-state index contributed by atoms with van der Waals surface area (Å²) in [5.74, 6) is -1.18. The van der Waals surface area contributed by atoms with Crippen molar-refractivity contribution in [3.8, 4) is 0 Å². The van der Waals surface area contributed by atoms with E-state index in [1.54, 1.807) is 0 Å². The second-order valence-electron chi connectivity index (χ2n) is 3.50. The molecule has 1 rings (SSSR count). The van der Waals surface area contributed by atoms with Gasteiger partial charge in [-0.1, -0.05) is 12.1 Å². The Morgan fingerprint density at radius 1 is 1.44 bits per heavy atom. The number of benzene rings is 1. The number of nitro benzene ring substituents is 1. The third-order valence-corrected chi connectivity index (χ3v) is 2.20. The van der Waals surface area contributed by atoms with Crippen molar-refractivity contribution in [2.24, 2.45) is 0 Å². The molecule has 0 spiro atoms. The lowest BCUT2D eigenvalue weighted by Crippen LogP contribution is -2.28. The van der Waals surface area contributed by atoms with Crippen molar-refractivity contribution >= 4 is 5.69 Å². The molecule has 0 saturated heterocycles. The van der Waals surface area contributed by atoms with Crippen LogP contribution in [-0.2, 0) is 11.3 Å². The molecule has 0 saturated carbocycles. The molecule has 4 nitrogen and oxygen atoms in total. The number of ether oxygens (including phenoxy) is 1. The van der Waals surface area contributed by atoms with Crippen LogP contribution in [0.25, 0.3) is 0 Å². The van der Waals surface area contributed by atoms with Crippen molar-refractivity contribution in [2.75, 3.05) is 0 Å². The second-order valence-corrected chi connectivity index (χ2v) is 3.50. The van der Waals surface area contributed by atoms with Crippen molar-refractivity contribution in [1.29, 1.82) is 0 Å². The average Bonchev–Trinajstić information content (AvgIpc) is 2.25. The normalized spacial score (nSPS) is 13.4. The molecule has 100 valence electrons. The van der Waals surface area contributed by atoms with Crippen LogP contribution in [-0.4, -0.2) is 17.2 Å². The predicted octanol–water partition coefficient (Wildman–Crippen LogP) is 3.20. The maximum atomic E-state index is 13.5. The summed E-state index contributed by atoms with van der Waals surface area (Å²) in [6.45, 7) is 0.0868. The standard InChI is InChI=1S/C10H9F4NO3/c1-6(10(12,13)14)18-5-7-3-2-4-8(9(7)11)15(16)17/h2-4,6H,5H2,1H3. The number of alkyl halides is 3. The number of nitrogens with zero attached hydrogens (tertiary/aromatic N) is 1. The molecule has 1 aromatic rings. The third-order valence-electron chi connectivity index (χ3n) is 2.20. The molecule has 1 aromatic carbocycles. The first-order valence-corrected chi connectivity index (χ1v) is 4.83. The van der Waals surface area contributed by atoms with E-state index in [0.717, 1.165) is 19.1 Å². The molecule has 18 heavy (non-hydrogen) atoms. The molecule has 0 aliphatic carbocycles. The molecule has 8 heteroatoms. The SMILES string of the molecule is CC(OCc1cccc([N+](=O)[O-])c1F)C(F)(F)F. The van der Waals surface area contributed by atoms with Crippen molar-refractivity contribution in [3.05, 3.63) is 39.7 Å². The minimum absolute atomic E-state index is 0.291. The monoisotopic (exact) mass is 267 g/mol. The van der Waals surface area contributed by atoms with Crippen LogP contribution in [0, 0.1) is 15.9 Å². The molecule has 1 atom stereocenters. The Bertz CT molecular complexity index is 447. The summed E-state index contributed by atoms with van der Waals surface area (Å²) >= 11 is 0. The molecule has 0 bridgehead atoms. The van der Waals surface area contributed by atoms with E-state index < -0.39 is 35.3 Å². The Morgan fingerprint density at radius 3 is 2.56 bits per heavy atom. The maximum absolute atomic E-state index is 13.5. The lowest BCUT2D eigenvalue weighted by molar-refractivity contribution is -0.387. The number of hydrogen-bond acceptors (Lipinski definition) is 3. The molecule has 0 N–H and O–H groups in total. The summed E-state index contributed by atoms with van der Waals surface area (Å²) in [5.41, 5.74) is -1.09. The van der Waals surface area contributed by atoms with E-state index in [9.17, 15) is 27.7 Å². The highest BCUT2D eigenvalue weighted by molar-refractivity contribution is 5.36. The molecular formula is C10H9F4NO3. The molecule has 0 aliphatic rings. The quantitative estimate of drug-likeness (QED) is 0.478.